The van der Waals surface area contributed by atoms with Crippen LogP contribution in [0.15, 0.2) is 48.5 Å². The first-order valence-corrected chi connectivity index (χ1v) is 10.2. The van der Waals surface area contributed by atoms with E-state index in [9.17, 15) is 4.39 Å². The molecule has 5 nitrogen and oxygen atoms in total. The van der Waals surface area contributed by atoms with Gasteiger partial charge in [-0.1, -0.05) is 35.6 Å². The van der Waals surface area contributed by atoms with Crippen molar-refractivity contribution in [3.8, 4) is 22.1 Å². The fourth-order valence-electron chi connectivity index (χ4n) is 3.61. The Bertz CT molecular complexity index is 1100. The molecule has 28 heavy (non-hydrogen) atoms. The van der Waals surface area contributed by atoms with Gasteiger partial charge in [-0.25, -0.2) is 14.4 Å². The fourth-order valence-corrected chi connectivity index (χ4v) is 4.74. The van der Waals surface area contributed by atoms with Crippen LogP contribution in [0.5, 0.6) is 0 Å². The Hall–Kier alpha value is -2.77. The van der Waals surface area contributed by atoms with E-state index in [0.717, 1.165) is 47.2 Å². The summed E-state index contributed by atoms with van der Waals surface area (Å²) < 4.78 is 14.4. The number of nitrogens with zero attached hydrogens (tertiary/aromatic N) is 3. The SMILES string of the molecule is CC1CN(c2sc(-c3ccccc3F)nc2-c2nc3ccccc3[nH]2)CCN1. The number of hydrogen-bond acceptors (Lipinski definition) is 5. The predicted octanol–water partition coefficient (Wildman–Crippen LogP) is 4.29. The molecular weight excluding hydrogens is 373 g/mol. The number of nitrogens with one attached hydrogen (secondary N) is 2. The second-order valence-electron chi connectivity index (χ2n) is 7.06. The van der Waals surface area contributed by atoms with E-state index in [1.54, 1.807) is 12.1 Å². The van der Waals surface area contributed by atoms with Crippen molar-refractivity contribution >= 4 is 27.4 Å². The molecule has 0 radical (unpaired) electrons. The summed E-state index contributed by atoms with van der Waals surface area (Å²) in [6.07, 6.45) is 0. The summed E-state index contributed by atoms with van der Waals surface area (Å²) in [4.78, 5) is 15.3. The van der Waals surface area contributed by atoms with Crippen molar-refractivity contribution in [3.05, 3.63) is 54.3 Å². The average Bonchev–Trinajstić information content (AvgIpc) is 3.32. The minimum atomic E-state index is -0.257. The maximum Gasteiger partial charge on any atom is 0.160 e. The molecule has 1 aliphatic rings. The molecule has 2 N–H and O–H groups in total. The molecule has 2 aromatic carbocycles. The van der Waals surface area contributed by atoms with E-state index in [4.69, 9.17) is 9.97 Å². The van der Waals surface area contributed by atoms with Crippen LogP contribution in [0, 0.1) is 5.82 Å². The quantitative estimate of drug-likeness (QED) is 0.545. The molecule has 3 heterocycles. The molecule has 1 unspecified atom stereocenters. The standard InChI is InChI=1S/C21H20FN5S/c1-13-12-27(11-10-23-13)21-18(19-24-16-8-4-5-9-17(16)25-19)26-20(28-21)14-6-2-3-7-15(14)22/h2-9,13,23H,10-12H2,1H3,(H,24,25). The van der Waals surface area contributed by atoms with Crippen LogP contribution in [0.4, 0.5) is 9.39 Å². The van der Waals surface area contributed by atoms with Crippen molar-refractivity contribution < 1.29 is 4.39 Å². The molecule has 1 aliphatic heterocycles. The zero-order valence-corrected chi connectivity index (χ0v) is 16.3. The molecule has 0 amide bonds. The molecule has 7 heteroatoms. The van der Waals surface area contributed by atoms with E-state index in [1.807, 2.05) is 30.3 Å². The van der Waals surface area contributed by atoms with Crippen LogP contribution in [0.2, 0.25) is 0 Å². The van der Waals surface area contributed by atoms with E-state index in [2.05, 4.69) is 22.1 Å². The lowest BCUT2D eigenvalue weighted by atomic mass is 10.2. The number of fused-ring (bicyclic) bond motifs is 1. The fraction of sp³-hybridized carbons (Fsp3) is 0.238. The van der Waals surface area contributed by atoms with Crippen LogP contribution < -0.4 is 10.2 Å². The lowest BCUT2D eigenvalue weighted by molar-refractivity contribution is 0.486. The number of benzene rings is 2. The third kappa shape index (κ3) is 3.06. The summed E-state index contributed by atoms with van der Waals surface area (Å²) in [5.74, 6) is 0.467. The van der Waals surface area contributed by atoms with Gasteiger partial charge in [0, 0.05) is 31.2 Å². The van der Waals surface area contributed by atoms with Crippen molar-refractivity contribution in [1.82, 2.24) is 20.3 Å². The van der Waals surface area contributed by atoms with Gasteiger partial charge in [0.1, 0.15) is 21.5 Å². The van der Waals surface area contributed by atoms with Crippen LogP contribution in [0.25, 0.3) is 33.1 Å². The van der Waals surface area contributed by atoms with Crippen LogP contribution in [-0.4, -0.2) is 40.6 Å². The van der Waals surface area contributed by atoms with E-state index in [1.165, 1.54) is 17.4 Å². The second kappa shape index (κ2) is 7.00. The largest absolute Gasteiger partial charge is 0.359 e. The van der Waals surface area contributed by atoms with Crippen molar-refractivity contribution in [3.63, 3.8) is 0 Å². The van der Waals surface area contributed by atoms with Gasteiger partial charge in [0.25, 0.3) is 0 Å². The van der Waals surface area contributed by atoms with Gasteiger partial charge in [-0.05, 0) is 31.2 Å². The van der Waals surface area contributed by atoms with Gasteiger partial charge in [0.15, 0.2) is 5.82 Å². The van der Waals surface area contributed by atoms with Crippen molar-refractivity contribution in [2.45, 2.75) is 13.0 Å². The highest BCUT2D eigenvalue weighted by Gasteiger charge is 2.25. The number of para-hydroxylation sites is 2. The third-order valence-electron chi connectivity index (χ3n) is 4.98. The molecule has 0 aliphatic carbocycles. The number of halogens is 1. The maximum absolute atomic E-state index is 14.4. The lowest BCUT2D eigenvalue weighted by Gasteiger charge is -2.32. The summed E-state index contributed by atoms with van der Waals surface area (Å²) in [6, 6.07) is 15.1. The molecular formula is C21H20FN5S. The minimum absolute atomic E-state index is 0.257. The number of aromatic nitrogens is 3. The van der Waals surface area contributed by atoms with Gasteiger partial charge in [0.2, 0.25) is 0 Å². The van der Waals surface area contributed by atoms with Crippen LogP contribution in [0.3, 0.4) is 0 Å². The number of rotatable bonds is 3. The number of H-pyrrole nitrogens is 1. The summed E-state index contributed by atoms with van der Waals surface area (Å²) in [7, 11) is 0. The van der Waals surface area contributed by atoms with Gasteiger partial charge in [-0.2, -0.15) is 0 Å². The topological polar surface area (TPSA) is 56.8 Å². The Morgan fingerprint density at radius 1 is 1.11 bits per heavy atom. The number of aromatic amines is 1. The maximum atomic E-state index is 14.4. The third-order valence-corrected chi connectivity index (χ3v) is 6.13. The molecule has 1 saturated heterocycles. The van der Waals surface area contributed by atoms with Crippen LogP contribution in [-0.2, 0) is 0 Å². The molecule has 5 rings (SSSR count). The first-order chi connectivity index (χ1) is 13.7. The average molecular weight is 393 g/mol. The number of anilines is 1. The van der Waals surface area contributed by atoms with Crippen molar-refractivity contribution in [1.29, 1.82) is 0 Å². The molecule has 4 aromatic rings. The van der Waals surface area contributed by atoms with Gasteiger partial charge in [0.05, 0.1) is 11.0 Å². The summed E-state index contributed by atoms with van der Waals surface area (Å²) in [5.41, 5.74) is 3.18. The molecule has 0 spiro atoms. The number of piperazine rings is 1. The van der Waals surface area contributed by atoms with Crippen LogP contribution >= 0.6 is 11.3 Å². The Morgan fingerprint density at radius 2 is 1.93 bits per heavy atom. The van der Waals surface area contributed by atoms with Gasteiger partial charge in [-0.3, -0.25) is 0 Å². The highest BCUT2D eigenvalue weighted by molar-refractivity contribution is 7.19. The highest BCUT2D eigenvalue weighted by atomic mass is 32.1. The van der Waals surface area contributed by atoms with Crippen LogP contribution in [0.1, 0.15) is 6.92 Å². The Kier molecular flexibility index (Phi) is 4.33. The van der Waals surface area contributed by atoms with E-state index in [0.29, 0.717) is 16.6 Å². The smallest absolute Gasteiger partial charge is 0.160 e. The molecule has 1 atom stereocenters. The monoisotopic (exact) mass is 393 g/mol. The number of thiazole rings is 1. The van der Waals surface area contributed by atoms with E-state index >= 15 is 0 Å². The Balaban J connectivity index is 1.66. The number of hydrogen-bond donors (Lipinski definition) is 2. The molecule has 142 valence electrons. The number of imidazole rings is 1. The van der Waals surface area contributed by atoms with Gasteiger partial charge < -0.3 is 15.2 Å². The molecule has 2 aromatic heterocycles. The predicted molar refractivity (Wildman–Crippen MR) is 112 cm³/mol. The summed E-state index contributed by atoms with van der Waals surface area (Å²) >= 11 is 1.53. The normalized spacial score (nSPS) is 17.4. The molecule has 0 bridgehead atoms. The van der Waals surface area contributed by atoms with Crippen molar-refractivity contribution in [2.75, 3.05) is 24.5 Å². The van der Waals surface area contributed by atoms with E-state index < -0.39 is 0 Å². The Morgan fingerprint density at radius 3 is 2.75 bits per heavy atom. The second-order valence-corrected chi connectivity index (χ2v) is 8.03. The van der Waals surface area contributed by atoms with E-state index in [-0.39, 0.29) is 5.82 Å². The first kappa shape index (κ1) is 17.3. The lowest BCUT2D eigenvalue weighted by Crippen LogP contribution is -2.49. The zero-order chi connectivity index (χ0) is 19.1. The highest BCUT2D eigenvalue weighted by Crippen LogP contribution is 2.40. The summed E-state index contributed by atoms with van der Waals surface area (Å²) in [5, 5.41) is 5.18. The zero-order valence-electron chi connectivity index (χ0n) is 15.4. The molecule has 0 saturated carbocycles. The first-order valence-electron chi connectivity index (χ1n) is 9.38. The molecule has 1 fully saturated rings. The van der Waals surface area contributed by atoms with Gasteiger partial charge in [-0.15, -0.1) is 0 Å². The van der Waals surface area contributed by atoms with Crippen molar-refractivity contribution in [2.24, 2.45) is 0 Å². The Labute approximate surface area is 166 Å². The minimum Gasteiger partial charge on any atom is -0.359 e. The summed E-state index contributed by atoms with van der Waals surface area (Å²) in [6.45, 7) is 4.85. The van der Waals surface area contributed by atoms with Gasteiger partial charge >= 0.3 is 0 Å².